The summed E-state index contributed by atoms with van der Waals surface area (Å²) in [5, 5.41) is 3.49. The van der Waals surface area contributed by atoms with Crippen molar-refractivity contribution in [2.75, 3.05) is 12.8 Å². The fourth-order valence-corrected chi connectivity index (χ4v) is 1.71. The first-order valence-electron chi connectivity index (χ1n) is 5.12. The Labute approximate surface area is 93.7 Å². The normalized spacial score (nSPS) is 17.3. The molecule has 0 aliphatic heterocycles. The van der Waals surface area contributed by atoms with E-state index in [0.29, 0.717) is 0 Å². The zero-order valence-electron chi connectivity index (χ0n) is 9.74. The monoisotopic (exact) mass is 229 g/mol. The lowest BCUT2D eigenvalue weighted by Gasteiger charge is -2.15. The van der Waals surface area contributed by atoms with E-state index in [1.165, 1.54) is 0 Å². The van der Waals surface area contributed by atoms with Gasteiger partial charge in [0, 0.05) is 28.9 Å². The molecule has 1 rings (SSSR count). The molecule has 0 fully saturated rings. The molecule has 15 heavy (non-hydrogen) atoms. The van der Waals surface area contributed by atoms with Gasteiger partial charge in [0.2, 0.25) is 0 Å². The summed E-state index contributed by atoms with van der Waals surface area (Å²) in [5.41, 5.74) is 1.15. The highest BCUT2D eigenvalue weighted by atomic mass is 32.2. The Kier molecular flexibility index (Phi) is 4.54. The summed E-state index contributed by atoms with van der Waals surface area (Å²) in [6.07, 6.45) is 3.43. The van der Waals surface area contributed by atoms with Crippen LogP contribution >= 0.6 is 0 Å². The summed E-state index contributed by atoms with van der Waals surface area (Å²) in [6, 6.07) is 2.13. The number of aryl methyl sites for hydroxylation is 1. The first-order valence-corrected chi connectivity index (χ1v) is 6.74. The summed E-state index contributed by atoms with van der Waals surface area (Å²) in [6.45, 7) is 6.80. The maximum atomic E-state index is 11.2. The van der Waals surface area contributed by atoms with Crippen molar-refractivity contribution in [2.24, 2.45) is 0 Å². The third-order valence-electron chi connectivity index (χ3n) is 2.57. The molecule has 4 heteroatoms. The van der Waals surface area contributed by atoms with E-state index < -0.39 is 10.8 Å². The third kappa shape index (κ3) is 3.47. The van der Waals surface area contributed by atoms with Gasteiger partial charge in [0.05, 0.1) is 12.3 Å². The van der Waals surface area contributed by atoms with Crippen LogP contribution < -0.4 is 5.32 Å². The third-order valence-corrected chi connectivity index (χ3v) is 3.87. The highest BCUT2D eigenvalue weighted by Gasteiger charge is 2.13. The van der Waals surface area contributed by atoms with Gasteiger partial charge < -0.3 is 9.73 Å². The van der Waals surface area contributed by atoms with Crippen LogP contribution in [-0.2, 0) is 10.8 Å². The van der Waals surface area contributed by atoms with E-state index in [-0.39, 0.29) is 11.3 Å². The molecule has 3 unspecified atom stereocenters. The number of hydrogen-bond donors (Lipinski definition) is 1. The van der Waals surface area contributed by atoms with E-state index >= 15 is 0 Å². The van der Waals surface area contributed by atoms with Crippen LogP contribution in [0.25, 0.3) is 0 Å². The van der Waals surface area contributed by atoms with Gasteiger partial charge in [-0.3, -0.25) is 4.21 Å². The van der Waals surface area contributed by atoms with Crippen LogP contribution in [0, 0.1) is 6.92 Å². The lowest BCUT2D eigenvalue weighted by molar-refractivity contribution is 0.429. The van der Waals surface area contributed by atoms with Crippen LogP contribution in [0.3, 0.4) is 0 Å². The Bertz CT molecular complexity index is 335. The number of hydrogen-bond acceptors (Lipinski definition) is 3. The van der Waals surface area contributed by atoms with Crippen molar-refractivity contribution in [3.63, 3.8) is 0 Å². The Balaban J connectivity index is 2.47. The van der Waals surface area contributed by atoms with E-state index in [4.69, 9.17) is 4.42 Å². The van der Waals surface area contributed by atoms with Crippen molar-refractivity contribution in [1.29, 1.82) is 0 Å². The highest BCUT2D eigenvalue weighted by Crippen LogP contribution is 2.17. The van der Waals surface area contributed by atoms with Gasteiger partial charge in [-0.15, -0.1) is 0 Å². The van der Waals surface area contributed by atoms with Crippen molar-refractivity contribution in [1.82, 2.24) is 5.32 Å². The van der Waals surface area contributed by atoms with Crippen LogP contribution in [-0.4, -0.2) is 22.3 Å². The van der Waals surface area contributed by atoms with E-state index in [2.05, 4.69) is 12.2 Å². The van der Waals surface area contributed by atoms with E-state index in [1.54, 1.807) is 12.5 Å². The first kappa shape index (κ1) is 12.5. The SMILES string of the molecule is Cc1ccoc1C(C)NCC(C)S(C)=O. The Morgan fingerprint density at radius 1 is 1.53 bits per heavy atom. The van der Waals surface area contributed by atoms with Crippen molar-refractivity contribution in [3.8, 4) is 0 Å². The molecular formula is C11H19NO2S. The van der Waals surface area contributed by atoms with Crippen LogP contribution in [0.4, 0.5) is 0 Å². The molecule has 0 bridgehead atoms. The molecule has 0 saturated carbocycles. The molecule has 0 radical (unpaired) electrons. The summed E-state index contributed by atoms with van der Waals surface area (Å²) in [4.78, 5) is 0. The van der Waals surface area contributed by atoms with Gasteiger partial charge in [-0.1, -0.05) is 0 Å². The number of nitrogens with one attached hydrogen (secondary N) is 1. The minimum absolute atomic E-state index is 0.169. The molecule has 1 aromatic heterocycles. The van der Waals surface area contributed by atoms with Gasteiger partial charge in [-0.05, 0) is 32.4 Å². The molecule has 1 heterocycles. The minimum Gasteiger partial charge on any atom is -0.467 e. The van der Waals surface area contributed by atoms with Gasteiger partial charge in [0.15, 0.2) is 0 Å². The molecule has 3 atom stereocenters. The van der Waals surface area contributed by atoms with Crippen molar-refractivity contribution >= 4 is 10.8 Å². The maximum Gasteiger partial charge on any atom is 0.123 e. The molecule has 0 spiro atoms. The van der Waals surface area contributed by atoms with Gasteiger partial charge in [-0.25, -0.2) is 0 Å². The van der Waals surface area contributed by atoms with Crippen molar-refractivity contribution in [3.05, 3.63) is 23.7 Å². The van der Waals surface area contributed by atoms with Gasteiger partial charge in [0.1, 0.15) is 5.76 Å². The minimum atomic E-state index is -0.772. The van der Waals surface area contributed by atoms with E-state index in [1.807, 2.05) is 19.9 Å². The maximum absolute atomic E-state index is 11.2. The molecule has 86 valence electrons. The van der Waals surface area contributed by atoms with Crippen LogP contribution in [0.1, 0.15) is 31.2 Å². The number of furan rings is 1. The molecule has 1 aromatic rings. The van der Waals surface area contributed by atoms with Gasteiger partial charge in [-0.2, -0.15) is 0 Å². The molecule has 1 N–H and O–H groups in total. The van der Waals surface area contributed by atoms with Crippen LogP contribution in [0.2, 0.25) is 0 Å². The fourth-order valence-electron chi connectivity index (χ4n) is 1.38. The second-order valence-corrected chi connectivity index (χ2v) is 5.71. The quantitative estimate of drug-likeness (QED) is 0.839. The highest BCUT2D eigenvalue weighted by molar-refractivity contribution is 7.84. The average molecular weight is 229 g/mol. The molecule has 0 saturated heterocycles. The Morgan fingerprint density at radius 2 is 2.20 bits per heavy atom. The van der Waals surface area contributed by atoms with Gasteiger partial charge >= 0.3 is 0 Å². The summed E-state index contributed by atoms with van der Waals surface area (Å²) >= 11 is 0. The molecule has 0 aliphatic carbocycles. The van der Waals surface area contributed by atoms with E-state index in [0.717, 1.165) is 17.9 Å². The average Bonchev–Trinajstić information content (AvgIpc) is 2.60. The Hall–Kier alpha value is -0.610. The smallest absolute Gasteiger partial charge is 0.123 e. The standard InChI is InChI=1S/C11H19NO2S/c1-8-5-6-14-11(8)10(3)12-7-9(2)15(4)13/h5-6,9-10,12H,7H2,1-4H3. The van der Waals surface area contributed by atoms with Gasteiger partial charge in [0.25, 0.3) is 0 Å². The number of rotatable bonds is 5. The molecule has 3 nitrogen and oxygen atoms in total. The van der Waals surface area contributed by atoms with Crippen LogP contribution in [0.15, 0.2) is 16.7 Å². The molecule has 0 amide bonds. The topological polar surface area (TPSA) is 42.2 Å². The first-order chi connectivity index (χ1) is 7.02. The van der Waals surface area contributed by atoms with E-state index in [9.17, 15) is 4.21 Å². The fraction of sp³-hybridized carbons (Fsp3) is 0.636. The predicted octanol–water partition coefficient (Wildman–Crippen LogP) is 2.01. The Morgan fingerprint density at radius 3 is 2.67 bits per heavy atom. The van der Waals surface area contributed by atoms with Crippen molar-refractivity contribution in [2.45, 2.75) is 32.1 Å². The second-order valence-electron chi connectivity index (χ2n) is 3.91. The van der Waals surface area contributed by atoms with Crippen LogP contribution in [0.5, 0.6) is 0 Å². The molecule has 0 aromatic carbocycles. The summed E-state index contributed by atoms with van der Waals surface area (Å²) < 4.78 is 16.5. The lowest BCUT2D eigenvalue weighted by atomic mass is 10.2. The summed E-state index contributed by atoms with van der Waals surface area (Å²) in [7, 11) is -0.772. The van der Waals surface area contributed by atoms with Crippen molar-refractivity contribution < 1.29 is 8.63 Å². The molecule has 0 aliphatic rings. The largest absolute Gasteiger partial charge is 0.467 e. The second kappa shape index (κ2) is 5.47. The summed E-state index contributed by atoms with van der Waals surface area (Å²) in [5.74, 6) is 0.962. The lowest BCUT2D eigenvalue weighted by Crippen LogP contribution is -2.29. The zero-order valence-corrected chi connectivity index (χ0v) is 10.6. The predicted molar refractivity (Wildman–Crippen MR) is 63.4 cm³/mol. The zero-order chi connectivity index (χ0) is 11.4. The molecular weight excluding hydrogens is 210 g/mol.